The van der Waals surface area contributed by atoms with E-state index in [0.717, 1.165) is 0 Å². The molecule has 1 heterocycles. The molecule has 0 saturated heterocycles. The van der Waals surface area contributed by atoms with Gasteiger partial charge in [-0.15, -0.1) is 0 Å². The Morgan fingerprint density at radius 3 is 2.88 bits per heavy atom. The summed E-state index contributed by atoms with van der Waals surface area (Å²) in [5, 5.41) is 0.530. The monoisotopic (exact) mass is 279 g/mol. The van der Waals surface area contributed by atoms with Gasteiger partial charge in [-0.25, -0.2) is 0 Å². The zero-order valence-electron chi connectivity index (χ0n) is 8.12. The molecule has 0 aromatic heterocycles. The van der Waals surface area contributed by atoms with E-state index in [2.05, 4.69) is 0 Å². The predicted octanol–water partition coefficient (Wildman–Crippen LogP) is 2.87. The number of carbonyl (C=O) groups is 1. The van der Waals surface area contributed by atoms with Crippen LogP contribution in [0.1, 0.15) is 0 Å². The Hall–Kier alpha value is -0.640. The van der Waals surface area contributed by atoms with Gasteiger partial charge in [0, 0.05) is 5.02 Å². The van der Waals surface area contributed by atoms with Crippen molar-refractivity contribution in [1.82, 2.24) is 0 Å². The predicted molar refractivity (Wildman–Crippen MR) is 64.8 cm³/mol. The van der Waals surface area contributed by atoms with E-state index >= 15 is 0 Å². The number of anilines is 1. The molecule has 6 heteroatoms. The number of halogens is 3. The Bertz CT molecular complexity index is 423. The van der Waals surface area contributed by atoms with E-state index < -0.39 is 4.84 Å². The van der Waals surface area contributed by atoms with E-state index in [1.54, 1.807) is 18.2 Å². The Kier molecular flexibility index (Phi) is 3.47. The van der Waals surface area contributed by atoms with Gasteiger partial charge in [-0.2, -0.15) is 0 Å². The van der Waals surface area contributed by atoms with Crippen LogP contribution < -0.4 is 9.64 Å². The lowest BCUT2D eigenvalue weighted by molar-refractivity contribution is -0.117. The van der Waals surface area contributed by atoms with Crippen molar-refractivity contribution in [2.75, 3.05) is 18.1 Å². The molecule has 0 bridgehead atoms. The Balaban J connectivity index is 2.39. The van der Waals surface area contributed by atoms with Crippen LogP contribution in [0.4, 0.5) is 5.69 Å². The summed E-state index contributed by atoms with van der Waals surface area (Å²) >= 11 is 17.0. The molecule has 0 fully saturated rings. The number of carbonyl (C=O) groups excluding carboxylic acids is 1. The third kappa shape index (κ3) is 2.21. The first-order chi connectivity index (χ1) is 7.59. The summed E-state index contributed by atoms with van der Waals surface area (Å²) in [7, 11) is 0. The zero-order chi connectivity index (χ0) is 11.7. The topological polar surface area (TPSA) is 29.5 Å². The van der Waals surface area contributed by atoms with Gasteiger partial charge >= 0.3 is 0 Å². The minimum absolute atomic E-state index is 0.366. The van der Waals surface area contributed by atoms with Crippen LogP contribution in [0, 0.1) is 0 Å². The quantitative estimate of drug-likeness (QED) is 0.740. The van der Waals surface area contributed by atoms with Crippen LogP contribution in [0.15, 0.2) is 18.2 Å². The van der Waals surface area contributed by atoms with Crippen LogP contribution in [-0.4, -0.2) is 23.9 Å². The first-order valence-corrected chi connectivity index (χ1v) is 5.86. The van der Waals surface area contributed by atoms with Crippen LogP contribution in [0.3, 0.4) is 0 Å². The normalized spacial score (nSPS) is 14.6. The van der Waals surface area contributed by atoms with E-state index in [-0.39, 0.29) is 5.91 Å². The molecule has 0 unspecified atom stereocenters. The second-order valence-corrected chi connectivity index (χ2v) is 4.78. The maximum Gasteiger partial charge on any atom is 0.260 e. The lowest BCUT2D eigenvalue weighted by atomic mass is 10.2. The third-order valence-corrected chi connectivity index (χ3v) is 2.85. The van der Waals surface area contributed by atoms with Crippen LogP contribution in [0.25, 0.3) is 0 Å². The molecule has 0 atom stereocenters. The molecule has 3 nitrogen and oxygen atoms in total. The highest BCUT2D eigenvalue weighted by Gasteiger charge is 2.27. The maximum atomic E-state index is 11.7. The highest BCUT2D eigenvalue weighted by molar-refractivity contribution is 6.54. The van der Waals surface area contributed by atoms with Gasteiger partial charge in [0.25, 0.3) is 5.91 Å². The maximum absolute atomic E-state index is 11.7. The fraction of sp³-hybridized carbons (Fsp3) is 0.300. The molecule has 1 aromatic rings. The van der Waals surface area contributed by atoms with Crippen molar-refractivity contribution in [1.29, 1.82) is 0 Å². The minimum atomic E-state index is -1.08. The van der Waals surface area contributed by atoms with Crippen molar-refractivity contribution < 1.29 is 9.53 Å². The summed E-state index contributed by atoms with van der Waals surface area (Å²) in [6, 6.07) is 5.08. The summed E-state index contributed by atoms with van der Waals surface area (Å²) in [6.07, 6.45) is 0. The molecule has 2 rings (SSSR count). The van der Waals surface area contributed by atoms with E-state index in [1.807, 2.05) is 0 Å². The van der Waals surface area contributed by atoms with E-state index in [4.69, 9.17) is 39.5 Å². The number of amides is 1. The van der Waals surface area contributed by atoms with Gasteiger partial charge in [-0.3, -0.25) is 4.79 Å². The molecule has 16 heavy (non-hydrogen) atoms. The van der Waals surface area contributed by atoms with Crippen molar-refractivity contribution >= 4 is 46.4 Å². The lowest BCUT2D eigenvalue weighted by Crippen LogP contribution is -2.40. The molecule has 0 saturated carbocycles. The standard InChI is InChI=1S/C10H8Cl3NO2/c11-6-1-2-8-7(5-6)14(3-4-16-8)10(15)9(12)13/h1-2,5,9H,3-4H2. The van der Waals surface area contributed by atoms with E-state index in [0.29, 0.717) is 29.6 Å². The first-order valence-electron chi connectivity index (χ1n) is 4.61. The minimum Gasteiger partial charge on any atom is -0.490 e. The molecule has 1 amide bonds. The van der Waals surface area contributed by atoms with Crippen molar-refractivity contribution in [3.8, 4) is 5.75 Å². The highest BCUT2D eigenvalue weighted by atomic mass is 35.5. The number of rotatable bonds is 1. The second-order valence-electron chi connectivity index (χ2n) is 3.25. The number of benzene rings is 1. The molecule has 1 aliphatic rings. The fourth-order valence-electron chi connectivity index (χ4n) is 1.54. The Labute approximate surface area is 108 Å². The molecule has 0 N–H and O–H groups in total. The fourth-order valence-corrected chi connectivity index (χ4v) is 1.94. The second kappa shape index (κ2) is 4.70. The Morgan fingerprint density at radius 2 is 2.19 bits per heavy atom. The van der Waals surface area contributed by atoms with Crippen molar-refractivity contribution in [3.63, 3.8) is 0 Å². The van der Waals surface area contributed by atoms with Gasteiger partial charge in [-0.05, 0) is 18.2 Å². The number of nitrogens with zero attached hydrogens (tertiary/aromatic N) is 1. The van der Waals surface area contributed by atoms with Crippen LogP contribution in [0.5, 0.6) is 5.75 Å². The van der Waals surface area contributed by atoms with Gasteiger partial charge in [0.1, 0.15) is 12.4 Å². The van der Waals surface area contributed by atoms with Crippen molar-refractivity contribution in [2.45, 2.75) is 4.84 Å². The van der Waals surface area contributed by atoms with Crippen molar-refractivity contribution in [2.24, 2.45) is 0 Å². The highest BCUT2D eigenvalue weighted by Crippen LogP contribution is 2.34. The number of fused-ring (bicyclic) bond motifs is 1. The van der Waals surface area contributed by atoms with Crippen LogP contribution in [-0.2, 0) is 4.79 Å². The van der Waals surface area contributed by atoms with E-state index in [9.17, 15) is 4.79 Å². The van der Waals surface area contributed by atoms with Crippen LogP contribution in [0.2, 0.25) is 5.02 Å². The number of hydrogen-bond donors (Lipinski definition) is 0. The van der Waals surface area contributed by atoms with Gasteiger partial charge in [0.2, 0.25) is 0 Å². The molecule has 86 valence electrons. The number of alkyl halides is 2. The van der Waals surface area contributed by atoms with Gasteiger partial charge in [-0.1, -0.05) is 34.8 Å². The molecular formula is C10H8Cl3NO2. The summed E-state index contributed by atoms with van der Waals surface area (Å²) in [5.74, 6) is 0.244. The van der Waals surface area contributed by atoms with Crippen LogP contribution >= 0.6 is 34.8 Å². The summed E-state index contributed by atoms with van der Waals surface area (Å²) in [6.45, 7) is 0.836. The smallest absolute Gasteiger partial charge is 0.260 e. The average molecular weight is 281 g/mol. The number of hydrogen-bond acceptors (Lipinski definition) is 2. The average Bonchev–Trinajstić information content (AvgIpc) is 2.27. The molecule has 1 aromatic carbocycles. The summed E-state index contributed by atoms with van der Waals surface area (Å²) < 4.78 is 5.40. The van der Waals surface area contributed by atoms with E-state index in [1.165, 1.54) is 4.90 Å². The van der Waals surface area contributed by atoms with Gasteiger partial charge in [0.05, 0.1) is 12.2 Å². The van der Waals surface area contributed by atoms with Gasteiger partial charge < -0.3 is 9.64 Å². The molecule has 0 aliphatic carbocycles. The molecular weight excluding hydrogens is 272 g/mol. The molecule has 1 aliphatic heterocycles. The Morgan fingerprint density at radius 1 is 1.44 bits per heavy atom. The lowest BCUT2D eigenvalue weighted by Gasteiger charge is -2.29. The largest absolute Gasteiger partial charge is 0.490 e. The third-order valence-electron chi connectivity index (χ3n) is 2.24. The SMILES string of the molecule is O=C(C(Cl)Cl)N1CCOc2ccc(Cl)cc21. The van der Waals surface area contributed by atoms with Crippen molar-refractivity contribution in [3.05, 3.63) is 23.2 Å². The molecule has 0 radical (unpaired) electrons. The summed E-state index contributed by atoms with van der Waals surface area (Å²) in [5.41, 5.74) is 0.607. The zero-order valence-corrected chi connectivity index (χ0v) is 10.4. The first kappa shape index (κ1) is 11.8. The number of ether oxygens (including phenoxy) is 1. The molecule has 0 spiro atoms. The van der Waals surface area contributed by atoms with Gasteiger partial charge in [0.15, 0.2) is 4.84 Å². The summed E-state index contributed by atoms with van der Waals surface area (Å²) in [4.78, 5) is 12.1.